The summed E-state index contributed by atoms with van der Waals surface area (Å²) >= 11 is 0. The largest absolute Gasteiger partial charge is 0.486 e. The molecule has 0 radical (unpaired) electrons. The van der Waals surface area contributed by atoms with E-state index in [0.29, 0.717) is 17.0 Å². The third kappa shape index (κ3) is 8.18. The third-order valence-electron chi connectivity index (χ3n) is 7.89. The lowest BCUT2D eigenvalue weighted by molar-refractivity contribution is -0.147. The number of carboxylic acids is 1. The molecule has 0 spiro atoms. The number of Topliss-reactive ketones (excluding diaryl/α,β-unsaturated/α-hetero) is 1. The molecule has 2 unspecified atom stereocenters. The van der Waals surface area contributed by atoms with Gasteiger partial charge in [-0.2, -0.15) is 0 Å². The lowest BCUT2D eigenvalue weighted by Gasteiger charge is -2.29. The topological polar surface area (TPSA) is 156 Å². The number of para-hydroxylation sites is 2. The number of hydrogen-bond donors (Lipinski definition) is 3. The fraction of sp³-hybridized carbons (Fsp3) is 0.278. The van der Waals surface area contributed by atoms with Crippen molar-refractivity contribution < 1.29 is 33.9 Å². The van der Waals surface area contributed by atoms with E-state index in [0.717, 1.165) is 10.9 Å². The van der Waals surface area contributed by atoms with Gasteiger partial charge in [0, 0.05) is 18.2 Å². The molecule has 5 rings (SSSR count). The summed E-state index contributed by atoms with van der Waals surface area (Å²) in [5, 5.41) is 20.4. The molecule has 0 fully saturated rings. The van der Waals surface area contributed by atoms with Crippen LogP contribution in [0.4, 0.5) is 0 Å². The number of carbonyl (C=O) groups excluding carboxylic acids is 3. The van der Waals surface area contributed by atoms with Gasteiger partial charge in [0.1, 0.15) is 24.1 Å². The van der Waals surface area contributed by atoms with E-state index in [1.807, 2.05) is 74.5 Å². The van der Waals surface area contributed by atoms with Crippen molar-refractivity contribution in [3.8, 4) is 5.75 Å². The number of oxime groups is 1. The second-order valence-electron chi connectivity index (χ2n) is 11.8. The number of carbonyl (C=O) groups is 4. The molecule has 1 aromatic heterocycles. The van der Waals surface area contributed by atoms with E-state index in [-0.39, 0.29) is 24.5 Å². The SMILES string of the molecule is CC(C)C(NC(=O)c1ccc2ccccc2n1)C1=NOC(Cc2ccccc2)(C(=O)N[C@@H](CC(=O)O)C(=O)COc2ccccc2)C1. The molecule has 1 aliphatic rings. The molecule has 0 bridgehead atoms. The molecular weight excluding hydrogens is 600 g/mol. The second-order valence-corrected chi connectivity index (χ2v) is 11.8. The molecule has 2 amide bonds. The van der Waals surface area contributed by atoms with Crippen LogP contribution in [0.25, 0.3) is 10.9 Å². The van der Waals surface area contributed by atoms with E-state index < -0.39 is 54.3 Å². The van der Waals surface area contributed by atoms with Crippen molar-refractivity contribution in [3.05, 3.63) is 108 Å². The number of nitrogens with one attached hydrogen (secondary N) is 2. The van der Waals surface area contributed by atoms with Crippen LogP contribution >= 0.6 is 0 Å². The molecule has 0 aliphatic carbocycles. The van der Waals surface area contributed by atoms with E-state index in [2.05, 4.69) is 20.8 Å². The van der Waals surface area contributed by atoms with Crippen LogP contribution in [0.1, 0.15) is 42.7 Å². The van der Waals surface area contributed by atoms with Crippen LogP contribution in [0.2, 0.25) is 0 Å². The Bertz CT molecular complexity index is 1780. The molecular formula is C36H36N4O7. The van der Waals surface area contributed by atoms with E-state index in [4.69, 9.17) is 9.57 Å². The molecule has 11 nitrogen and oxygen atoms in total. The molecule has 3 atom stereocenters. The Kier molecular flexibility index (Phi) is 10.2. The van der Waals surface area contributed by atoms with Crippen LogP contribution < -0.4 is 15.4 Å². The van der Waals surface area contributed by atoms with Crippen molar-refractivity contribution in [1.82, 2.24) is 15.6 Å². The minimum atomic E-state index is -1.62. The molecule has 47 heavy (non-hydrogen) atoms. The number of hydrogen-bond acceptors (Lipinski definition) is 8. The number of nitrogens with zero attached hydrogens (tertiary/aromatic N) is 2. The van der Waals surface area contributed by atoms with Crippen molar-refractivity contribution in [2.75, 3.05) is 6.61 Å². The van der Waals surface area contributed by atoms with Gasteiger partial charge < -0.3 is 25.3 Å². The maximum Gasteiger partial charge on any atom is 0.305 e. The van der Waals surface area contributed by atoms with E-state index >= 15 is 0 Å². The molecule has 4 aromatic rings. The Balaban J connectivity index is 1.36. The minimum Gasteiger partial charge on any atom is -0.486 e. The van der Waals surface area contributed by atoms with Gasteiger partial charge in [-0.1, -0.05) is 91.8 Å². The number of rotatable bonds is 14. The van der Waals surface area contributed by atoms with Crippen molar-refractivity contribution in [2.45, 2.75) is 50.8 Å². The molecule has 242 valence electrons. The Morgan fingerprint density at radius 3 is 2.28 bits per heavy atom. The highest BCUT2D eigenvalue weighted by molar-refractivity contribution is 6.03. The monoisotopic (exact) mass is 636 g/mol. The van der Waals surface area contributed by atoms with Gasteiger partial charge >= 0.3 is 5.97 Å². The van der Waals surface area contributed by atoms with Crippen LogP contribution in [0.3, 0.4) is 0 Å². The van der Waals surface area contributed by atoms with Crippen LogP contribution in [-0.2, 0) is 25.6 Å². The number of pyridine rings is 1. The average Bonchev–Trinajstić information content (AvgIpc) is 3.50. The molecule has 0 saturated heterocycles. The molecule has 1 aliphatic heterocycles. The zero-order valence-electron chi connectivity index (χ0n) is 26.1. The standard InChI is InChI=1S/C36H36N4O7/c1-23(2)33(39-34(44)28-18-17-25-13-9-10-16-27(25)37-28)30-21-36(47-40-30,20-24-11-5-3-6-12-24)35(45)38-29(19-32(42)43)31(41)22-46-26-14-7-4-8-15-26/h3-18,23,29,33H,19-22H2,1-2H3,(H,38,45)(H,39,44)(H,42,43)/t29-,33?,36?/m0/s1. The molecule has 2 heterocycles. The van der Waals surface area contributed by atoms with Gasteiger partial charge in [-0.3, -0.25) is 19.2 Å². The normalized spacial score (nSPS) is 16.9. The summed E-state index contributed by atoms with van der Waals surface area (Å²) in [6, 6.07) is 26.7. The highest BCUT2D eigenvalue weighted by atomic mass is 16.7. The number of ketones is 1. The molecule has 3 N–H and O–H groups in total. The Morgan fingerprint density at radius 2 is 1.57 bits per heavy atom. The summed E-state index contributed by atoms with van der Waals surface area (Å²) in [4.78, 5) is 62.7. The Labute approximate surface area is 272 Å². The number of carboxylic acid groups (broad SMARTS) is 1. The molecule has 11 heteroatoms. The second kappa shape index (κ2) is 14.7. The number of amides is 2. The van der Waals surface area contributed by atoms with Gasteiger partial charge in [0.05, 0.1) is 23.7 Å². The first kappa shape index (κ1) is 32.8. The number of aliphatic carboxylic acids is 1. The van der Waals surface area contributed by atoms with Gasteiger partial charge in [0.2, 0.25) is 5.60 Å². The van der Waals surface area contributed by atoms with Gasteiger partial charge in [0.15, 0.2) is 5.78 Å². The Hall–Kier alpha value is -5.58. The number of aromatic nitrogens is 1. The first-order valence-corrected chi connectivity index (χ1v) is 15.3. The van der Waals surface area contributed by atoms with E-state index in [1.165, 1.54) is 0 Å². The summed E-state index contributed by atoms with van der Waals surface area (Å²) in [6.07, 6.45) is -0.593. The lowest BCUT2D eigenvalue weighted by atomic mass is 9.84. The summed E-state index contributed by atoms with van der Waals surface area (Å²) in [5.41, 5.74) is 0.482. The Morgan fingerprint density at radius 1 is 0.894 bits per heavy atom. The summed E-state index contributed by atoms with van der Waals surface area (Å²) in [6.45, 7) is 3.38. The highest BCUT2D eigenvalue weighted by Crippen LogP contribution is 2.32. The fourth-order valence-corrected chi connectivity index (χ4v) is 5.42. The van der Waals surface area contributed by atoms with Crippen LogP contribution in [0, 0.1) is 5.92 Å². The van der Waals surface area contributed by atoms with Crippen LogP contribution in [0.15, 0.2) is 102 Å². The number of fused-ring (bicyclic) bond motifs is 1. The van der Waals surface area contributed by atoms with Crippen molar-refractivity contribution >= 4 is 40.2 Å². The zero-order chi connectivity index (χ0) is 33.4. The smallest absolute Gasteiger partial charge is 0.305 e. The summed E-state index contributed by atoms with van der Waals surface area (Å²) < 4.78 is 5.54. The van der Waals surface area contributed by atoms with Gasteiger partial charge in [-0.25, -0.2) is 4.98 Å². The lowest BCUT2D eigenvalue weighted by Crippen LogP contribution is -2.55. The number of benzene rings is 3. The quantitative estimate of drug-likeness (QED) is 0.184. The van der Waals surface area contributed by atoms with E-state index in [1.54, 1.807) is 36.4 Å². The predicted octanol–water partition coefficient (Wildman–Crippen LogP) is 4.35. The highest BCUT2D eigenvalue weighted by Gasteiger charge is 2.49. The van der Waals surface area contributed by atoms with E-state index in [9.17, 15) is 24.3 Å². The van der Waals surface area contributed by atoms with Gasteiger partial charge in [0.25, 0.3) is 11.8 Å². The fourth-order valence-electron chi connectivity index (χ4n) is 5.42. The predicted molar refractivity (Wildman–Crippen MR) is 175 cm³/mol. The van der Waals surface area contributed by atoms with Crippen molar-refractivity contribution in [2.24, 2.45) is 11.1 Å². The third-order valence-corrected chi connectivity index (χ3v) is 7.89. The van der Waals surface area contributed by atoms with Gasteiger partial charge in [-0.15, -0.1) is 0 Å². The van der Waals surface area contributed by atoms with Crippen molar-refractivity contribution in [1.29, 1.82) is 0 Å². The van der Waals surface area contributed by atoms with Gasteiger partial charge in [-0.05, 0) is 35.7 Å². The minimum absolute atomic E-state index is 0.0174. The van der Waals surface area contributed by atoms with Crippen molar-refractivity contribution in [3.63, 3.8) is 0 Å². The average molecular weight is 637 g/mol. The maximum absolute atomic E-state index is 14.1. The molecule has 0 saturated carbocycles. The molecule has 3 aromatic carbocycles. The summed E-state index contributed by atoms with van der Waals surface area (Å²) in [5.74, 6) is -2.71. The first-order chi connectivity index (χ1) is 22.6. The maximum atomic E-state index is 14.1. The zero-order valence-corrected chi connectivity index (χ0v) is 26.1. The first-order valence-electron chi connectivity index (χ1n) is 15.3. The van der Waals surface area contributed by atoms with Crippen LogP contribution in [-0.4, -0.2) is 63.7 Å². The summed E-state index contributed by atoms with van der Waals surface area (Å²) in [7, 11) is 0. The van der Waals surface area contributed by atoms with Crippen LogP contribution in [0.5, 0.6) is 5.75 Å². The number of ether oxygens (including phenoxy) is 1.